The Kier molecular flexibility index (Phi) is 6.05. The van der Waals surface area contributed by atoms with Crippen LogP contribution < -0.4 is 0 Å². The first-order valence-corrected chi connectivity index (χ1v) is 17.6. The summed E-state index contributed by atoms with van der Waals surface area (Å²) in [4.78, 5) is 0. The van der Waals surface area contributed by atoms with Crippen LogP contribution in [0.5, 0.6) is 0 Å². The molecule has 0 aliphatic heterocycles. The fourth-order valence-corrected chi connectivity index (χ4v) is 8.56. The van der Waals surface area contributed by atoms with Crippen LogP contribution in [0.25, 0.3) is 82.8 Å². The van der Waals surface area contributed by atoms with Gasteiger partial charge in [-0.05, 0) is 98.6 Å². The van der Waals surface area contributed by atoms with Crippen LogP contribution in [0.4, 0.5) is 0 Å². The van der Waals surface area contributed by atoms with Crippen molar-refractivity contribution >= 4 is 43.7 Å². The number of fused-ring (bicyclic) bond motifs is 9. The van der Waals surface area contributed by atoms with Gasteiger partial charge in [0.05, 0.1) is 11.0 Å². The predicted octanol–water partition coefficient (Wildman–Crippen LogP) is 13.2. The third-order valence-corrected chi connectivity index (χ3v) is 10.9. The number of hydrogen-bond acceptors (Lipinski definition) is 1. The highest BCUT2D eigenvalue weighted by molar-refractivity contribution is 6.10. The van der Waals surface area contributed by atoms with Gasteiger partial charge in [-0.3, -0.25) is 0 Å². The topological polar surface area (TPSA) is 18.1 Å². The first kappa shape index (κ1) is 28.2. The Bertz CT molecular complexity index is 2980. The van der Waals surface area contributed by atoms with Crippen LogP contribution in [-0.4, -0.2) is 4.57 Å². The van der Waals surface area contributed by atoms with Crippen molar-refractivity contribution in [3.05, 3.63) is 199 Å². The minimum atomic E-state index is 0.133. The molecule has 0 amide bonds. The molecule has 238 valence electrons. The molecule has 0 spiro atoms. The molecule has 11 rings (SSSR count). The highest BCUT2D eigenvalue weighted by Gasteiger charge is 2.30. The van der Waals surface area contributed by atoms with E-state index in [9.17, 15) is 0 Å². The smallest absolute Gasteiger partial charge is 0.135 e. The molecule has 0 fully saturated rings. The van der Waals surface area contributed by atoms with E-state index < -0.39 is 0 Å². The van der Waals surface area contributed by atoms with Gasteiger partial charge in [0.1, 0.15) is 11.2 Å². The molecule has 1 atom stereocenters. The molecule has 2 heterocycles. The SMILES string of the molecule is c1ccc(-n2c3ccccc3c3ccc(-c4ccc5c(c4)C(c4cccc(-c6ccc7oc8ccccc8c7c6)c4)c4ccccc4-5)cc32)cc1. The normalized spacial score (nSPS) is 13.7. The highest BCUT2D eigenvalue weighted by Crippen LogP contribution is 2.50. The van der Waals surface area contributed by atoms with Crippen molar-refractivity contribution in [3.8, 4) is 39.1 Å². The lowest BCUT2D eigenvalue weighted by molar-refractivity contribution is 0.669. The van der Waals surface area contributed by atoms with Crippen molar-refractivity contribution < 1.29 is 4.42 Å². The van der Waals surface area contributed by atoms with E-state index in [1.807, 2.05) is 12.1 Å². The maximum atomic E-state index is 6.14. The zero-order valence-electron chi connectivity index (χ0n) is 27.8. The fraction of sp³-hybridized carbons (Fsp3) is 0.0204. The van der Waals surface area contributed by atoms with E-state index >= 15 is 0 Å². The third kappa shape index (κ3) is 4.30. The van der Waals surface area contributed by atoms with E-state index in [-0.39, 0.29) is 5.92 Å². The summed E-state index contributed by atoms with van der Waals surface area (Å²) < 4.78 is 8.54. The molecule has 2 aromatic heterocycles. The van der Waals surface area contributed by atoms with Crippen molar-refractivity contribution in [2.75, 3.05) is 0 Å². The molecule has 8 aromatic carbocycles. The summed E-state index contributed by atoms with van der Waals surface area (Å²) in [5, 5.41) is 4.84. The molecule has 0 bridgehead atoms. The van der Waals surface area contributed by atoms with E-state index in [1.54, 1.807) is 0 Å². The number of furan rings is 1. The minimum Gasteiger partial charge on any atom is -0.456 e. The Morgan fingerprint density at radius 1 is 0.373 bits per heavy atom. The number of hydrogen-bond donors (Lipinski definition) is 0. The Morgan fingerprint density at radius 3 is 1.98 bits per heavy atom. The quantitative estimate of drug-likeness (QED) is 0.186. The predicted molar refractivity (Wildman–Crippen MR) is 212 cm³/mol. The van der Waals surface area contributed by atoms with Gasteiger partial charge in [-0.25, -0.2) is 0 Å². The van der Waals surface area contributed by atoms with Crippen LogP contribution >= 0.6 is 0 Å². The molecule has 10 aromatic rings. The van der Waals surface area contributed by atoms with Crippen LogP contribution in [0.1, 0.15) is 22.6 Å². The molecule has 1 aliphatic rings. The van der Waals surface area contributed by atoms with Gasteiger partial charge in [0.25, 0.3) is 0 Å². The Balaban J connectivity index is 1.05. The number of rotatable bonds is 4. The van der Waals surface area contributed by atoms with Crippen LogP contribution in [0, 0.1) is 0 Å². The molecule has 51 heavy (non-hydrogen) atoms. The van der Waals surface area contributed by atoms with Crippen molar-refractivity contribution in [1.29, 1.82) is 0 Å². The van der Waals surface area contributed by atoms with Gasteiger partial charge in [0.2, 0.25) is 0 Å². The van der Waals surface area contributed by atoms with E-state index in [2.05, 4.69) is 174 Å². The molecule has 0 N–H and O–H groups in total. The van der Waals surface area contributed by atoms with Gasteiger partial charge in [-0.1, -0.05) is 133 Å². The first-order valence-electron chi connectivity index (χ1n) is 17.6. The van der Waals surface area contributed by atoms with Crippen molar-refractivity contribution in [2.45, 2.75) is 5.92 Å². The molecule has 1 aliphatic carbocycles. The molecule has 0 saturated heterocycles. The van der Waals surface area contributed by atoms with Gasteiger partial charge in [0, 0.05) is 33.2 Å². The van der Waals surface area contributed by atoms with Crippen LogP contribution in [-0.2, 0) is 0 Å². The van der Waals surface area contributed by atoms with Crippen molar-refractivity contribution in [2.24, 2.45) is 0 Å². The van der Waals surface area contributed by atoms with Crippen LogP contribution in [0.2, 0.25) is 0 Å². The number of aromatic nitrogens is 1. The lowest BCUT2D eigenvalue weighted by Crippen LogP contribution is -2.00. The van der Waals surface area contributed by atoms with E-state index in [0.29, 0.717) is 0 Å². The fourth-order valence-electron chi connectivity index (χ4n) is 8.56. The maximum absolute atomic E-state index is 6.14. The first-order chi connectivity index (χ1) is 25.3. The summed E-state index contributed by atoms with van der Waals surface area (Å²) in [6.45, 7) is 0. The van der Waals surface area contributed by atoms with Crippen molar-refractivity contribution in [3.63, 3.8) is 0 Å². The largest absolute Gasteiger partial charge is 0.456 e. The molecule has 2 heteroatoms. The zero-order valence-corrected chi connectivity index (χ0v) is 27.8. The van der Waals surface area contributed by atoms with E-state index in [1.165, 1.54) is 77.6 Å². The lowest BCUT2D eigenvalue weighted by Gasteiger charge is -2.17. The second-order valence-corrected chi connectivity index (χ2v) is 13.7. The second-order valence-electron chi connectivity index (χ2n) is 13.7. The monoisotopic (exact) mass is 649 g/mol. The minimum absolute atomic E-state index is 0.133. The third-order valence-electron chi connectivity index (χ3n) is 10.9. The summed E-state index contributed by atoms with van der Waals surface area (Å²) in [5.74, 6) is 0.133. The molecule has 1 unspecified atom stereocenters. The van der Waals surface area contributed by atoms with Gasteiger partial charge in [-0.2, -0.15) is 0 Å². The van der Waals surface area contributed by atoms with Crippen LogP contribution in [0.15, 0.2) is 186 Å². The molecule has 0 saturated carbocycles. The maximum Gasteiger partial charge on any atom is 0.135 e. The average molecular weight is 650 g/mol. The average Bonchev–Trinajstić information content (AvgIpc) is 3.85. The van der Waals surface area contributed by atoms with Crippen LogP contribution in [0.3, 0.4) is 0 Å². The summed E-state index contributed by atoms with van der Waals surface area (Å²) in [6, 6.07) is 66.4. The molecule has 0 radical (unpaired) electrons. The molecular weight excluding hydrogens is 619 g/mol. The zero-order chi connectivity index (χ0) is 33.5. The second kappa shape index (κ2) is 10.9. The Labute approximate surface area is 295 Å². The number of para-hydroxylation sites is 3. The summed E-state index contributed by atoms with van der Waals surface area (Å²) in [7, 11) is 0. The molecular formula is C49H31NO. The summed E-state index contributed by atoms with van der Waals surface area (Å²) in [6.07, 6.45) is 0. The van der Waals surface area contributed by atoms with E-state index in [4.69, 9.17) is 4.42 Å². The van der Waals surface area contributed by atoms with Gasteiger partial charge >= 0.3 is 0 Å². The Morgan fingerprint density at radius 2 is 1.04 bits per heavy atom. The summed E-state index contributed by atoms with van der Waals surface area (Å²) >= 11 is 0. The number of nitrogens with zero attached hydrogens (tertiary/aromatic N) is 1. The summed E-state index contributed by atoms with van der Waals surface area (Å²) in [5.41, 5.74) is 17.0. The highest BCUT2D eigenvalue weighted by atomic mass is 16.3. The van der Waals surface area contributed by atoms with Crippen molar-refractivity contribution in [1.82, 2.24) is 4.57 Å². The lowest BCUT2D eigenvalue weighted by atomic mass is 9.86. The molecule has 2 nitrogen and oxygen atoms in total. The van der Waals surface area contributed by atoms with Gasteiger partial charge < -0.3 is 8.98 Å². The number of benzene rings is 8. The Hall–Kier alpha value is -6.64. The standard InChI is InChI=1S/C49H31NO/c1-2-13-36(14-3-1)50-45-19-8-6-16-39(45)40-25-22-34(30-46(40)50)32-21-24-38-37-15-4-5-18-42(37)49(44(38)29-32)35-12-10-11-31(27-35)33-23-26-48-43(28-33)41-17-7-9-20-47(41)51-48/h1-30,49H. The van der Waals surface area contributed by atoms with Gasteiger partial charge in [0.15, 0.2) is 0 Å². The van der Waals surface area contributed by atoms with E-state index in [0.717, 1.165) is 21.9 Å². The van der Waals surface area contributed by atoms with Gasteiger partial charge in [-0.15, -0.1) is 0 Å².